The fourth-order valence-corrected chi connectivity index (χ4v) is 2.82. The molecule has 1 fully saturated rings. The van der Waals surface area contributed by atoms with Crippen molar-refractivity contribution < 1.29 is 0 Å². The number of piperidine rings is 1. The molecule has 1 saturated heterocycles. The van der Waals surface area contributed by atoms with Crippen LogP contribution >= 0.6 is 0 Å². The van der Waals surface area contributed by atoms with E-state index in [2.05, 4.69) is 37.6 Å². The predicted octanol–water partition coefficient (Wildman–Crippen LogP) is 3.05. The average molecular weight is 238 g/mol. The third-order valence-electron chi connectivity index (χ3n) is 4.49. The maximum Gasteiger partial charge on any atom is 0.0202 e. The Kier molecular flexibility index (Phi) is 6.21. The third kappa shape index (κ3) is 4.44. The summed E-state index contributed by atoms with van der Waals surface area (Å²) in [6.07, 6.45) is 5.42. The van der Waals surface area contributed by atoms with E-state index in [4.69, 9.17) is 0 Å². The van der Waals surface area contributed by atoms with Crippen LogP contribution in [0.2, 0.25) is 0 Å². The number of hydrogen-bond acceptors (Lipinski definition) is 2. The van der Waals surface area contributed by atoms with E-state index >= 15 is 0 Å². The quantitative estimate of drug-likeness (QED) is 0.686. The molecule has 0 unspecified atom stereocenters. The molecule has 0 spiro atoms. The van der Waals surface area contributed by atoms with Gasteiger partial charge in [0.1, 0.15) is 0 Å². The van der Waals surface area contributed by atoms with E-state index in [0.29, 0.717) is 5.41 Å². The number of hydrogen-bond donors (Lipinski definition) is 1. The molecule has 0 aromatic rings. The Labute approximate surface area is 107 Å². The highest BCUT2D eigenvalue weighted by Crippen LogP contribution is 2.37. The van der Waals surface area contributed by atoms with Gasteiger partial charge in [0.2, 0.25) is 0 Å². The number of nitrogens with one attached hydrogen (secondary N) is 1. The summed E-state index contributed by atoms with van der Waals surface area (Å²) >= 11 is 0. The van der Waals surface area contributed by atoms with E-state index in [1.807, 2.05) is 0 Å². The minimum atomic E-state index is 0.638. The molecule has 1 heterocycles. The number of nitrogens with zero attached hydrogens (tertiary/aromatic N) is 1. The molecule has 100 valence electrons. The Balaban J connectivity index is 2.29. The van der Waals surface area contributed by atoms with Gasteiger partial charge in [-0.1, -0.05) is 40.2 Å². The summed E-state index contributed by atoms with van der Waals surface area (Å²) in [5.74, 6) is 0. The molecule has 1 aliphatic rings. The van der Waals surface area contributed by atoms with Crippen molar-refractivity contribution in [1.82, 2.24) is 10.2 Å². The Morgan fingerprint density at radius 1 is 1.18 bits per heavy atom. The van der Waals surface area contributed by atoms with Gasteiger partial charge in [-0.05, 0) is 43.5 Å². The van der Waals surface area contributed by atoms with Crippen LogP contribution < -0.4 is 5.32 Å². The molecule has 1 N–H and O–H groups in total. The Morgan fingerprint density at radius 3 is 2.24 bits per heavy atom. The second-order valence-electron chi connectivity index (χ2n) is 5.51. The summed E-state index contributed by atoms with van der Waals surface area (Å²) in [5.41, 5.74) is 1.96. The maximum atomic E-state index is 4.16. The second-order valence-corrected chi connectivity index (χ2v) is 5.51. The number of likely N-dealkylation sites (N-methyl/N-ethyl adjacent to an activating group) is 1. The van der Waals surface area contributed by atoms with Crippen LogP contribution in [0.15, 0.2) is 12.2 Å². The normalized spacial score (nSPS) is 20.4. The van der Waals surface area contributed by atoms with Crippen LogP contribution in [0.1, 0.15) is 46.5 Å². The molecular weight excluding hydrogens is 208 g/mol. The molecule has 0 radical (unpaired) electrons. The highest BCUT2D eigenvalue weighted by Gasteiger charge is 2.30. The fraction of sp³-hybridized carbons (Fsp3) is 0.867. The van der Waals surface area contributed by atoms with Crippen molar-refractivity contribution in [2.75, 3.05) is 32.7 Å². The molecule has 0 bridgehead atoms. The molecule has 0 aromatic heterocycles. The molecular formula is C15H30N2. The Morgan fingerprint density at radius 2 is 1.76 bits per heavy atom. The van der Waals surface area contributed by atoms with Gasteiger partial charge in [0.15, 0.2) is 0 Å². The predicted molar refractivity (Wildman–Crippen MR) is 76.4 cm³/mol. The zero-order valence-electron chi connectivity index (χ0n) is 12.0. The molecule has 0 amide bonds. The van der Waals surface area contributed by atoms with E-state index in [1.54, 1.807) is 0 Å². The van der Waals surface area contributed by atoms with Gasteiger partial charge in [-0.3, -0.25) is 4.90 Å². The van der Waals surface area contributed by atoms with Gasteiger partial charge in [-0.15, -0.1) is 0 Å². The van der Waals surface area contributed by atoms with Crippen LogP contribution in [0.4, 0.5) is 0 Å². The van der Waals surface area contributed by atoms with Crippen LogP contribution in [0.25, 0.3) is 0 Å². The van der Waals surface area contributed by atoms with E-state index < -0.39 is 0 Å². The van der Waals surface area contributed by atoms with Crippen molar-refractivity contribution in [3.8, 4) is 0 Å². The lowest BCUT2D eigenvalue weighted by atomic mass is 9.74. The Bertz CT molecular complexity index is 221. The second kappa shape index (κ2) is 7.17. The minimum Gasteiger partial charge on any atom is -0.313 e. The van der Waals surface area contributed by atoms with Crippen LogP contribution in [-0.4, -0.2) is 37.6 Å². The molecule has 2 nitrogen and oxygen atoms in total. The van der Waals surface area contributed by atoms with Crippen molar-refractivity contribution in [1.29, 1.82) is 0 Å². The van der Waals surface area contributed by atoms with Crippen LogP contribution in [0.3, 0.4) is 0 Å². The van der Waals surface area contributed by atoms with E-state index in [-0.39, 0.29) is 0 Å². The van der Waals surface area contributed by atoms with Gasteiger partial charge < -0.3 is 5.32 Å². The topological polar surface area (TPSA) is 15.3 Å². The number of likely N-dealkylation sites (tertiary alicyclic amines) is 1. The van der Waals surface area contributed by atoms with Gasteiger partial charge in [-0.2, -0.15) is 0 Å². The smallest absolute Gasteiger partial charge is 0.0202 e. The summed E-state index contributed by atoms with van der Waals surface area (Å²) in [6, 6.07) is 0. The van der Waals surface area contributed by atoms with E-state index in [0.717, 1.165) is 19.6 Å². The lowest BCUT2D eigenvalue weighted by Crippen LogP contribution is -2.41. The van der Waals surface area contributed by atoms with Crippen molar-refractivity contribution >= 4 is 0 Å². The zero-order chi connectivity index (χ0) is 12.7. The summed E-state index contributed by atoms with van der Waals surface area (Å²) in [5, 5.41) is 3.35. The third-order valence-corrected chi connectivity index (χ3v) is 4.49. The van der Waals surface area contributed by atoms with Crippen LogP contribution in [0.5, 0.6) is 0 Å². The first-order valence-corrected chi connectivity index (χ1v) is 7.25. The maximum absolute atomic E-state index is 4.16. The van der Waals surface area contributed by atoms with Crippen LogP contribution in [0, 0.1) is 5.41 Å². The average Bonchev–Trinajstić information content (AvgIpc) is 2.38. The Hall–Kier alpha value is -0.340. The first-order valence-electron chi connectivity index (χ1n) is 7.25. The first kappa shape index (κ1) is 14.7. The van der Waals surface area contributed by atoms with Gasteiger partial charge in [0.05, 0.1) is 0 Å². The molecule has 1 aliphatic heterocycles. The fourth-order valence-electron chi connectivity index (χ4n) is 2.82. The highest BCUT2D eigenvalue weighted by molar-refractivity contribution is 5.00. The lowest BCUT2D eigenvalue weighted by Gasteiger charge is -2.41. The van der Waals surface area contributed by atoms with Crippen LogP contribution in [-0.2, 0) is 0 Å². The first-order chi connectivity index (χ1) is 8.15. The van der Waals surface area contributed by atoms with Crippen molar-refractivity contribution in [3.05, 3.63) is 12.2 Å². The zero-order valence-corrected chi connectivity index (χ0v) is 12.0. The summed E-state index contributed by atoms with van der Waals surface area (Å²) in [4.78, 5) is 2.57. The van der Waals surface area contributed by atoms with Crippen molar-refractivity contribution in [3.63, 3.8) is 0 Å². The monoisotopic (exact) mass is 238 g/mol. The SMILES string of the molecule is C=C(CNCC)CN1CCC(CC)(CC)CC1. The van der Waals surface area contributed by atoms with Gasteiger partial charge >= 0.3 is 0 Å². The molecule has 2 heteroatoms. The van der Waals surface area contributed by atoms with Crippen molar-refractivity contribution in [2.24, 2.45) is 5.41 Å². The summed E-state index contributed by atoms with van der Waals surface area (Å²) in [6.45, 7) is 16.6. The van der Waals surface area contributed by atoms with Gasteiger partial charge in [0, 0.05) is 13.1 Å². The molecule has 0 saturated carbocycles. The van der Waals surface area contributed by atoms with Crippen molar-refractivity contribution in [2.45, 2.75) is 46.5 Å². The number of rotatable bonds is 7. The highest BCUT2D eigenvalue weighted by atomic mass is 15.1. The summed E-state index contributed by atoms with van der Waals surface area (Å²) in [7, 11) is 0. The van der Waals surface area contributed by atoms with Gasteiger partial charge in [-0.25, -0.2) is 0 Å². The summed E-state index contributed by atoms with van der Waals surface area (Å²) < 4.78 is 0. The molecule has 1 rings (SSSR count). The largest absolute Gasteiger partial charge is 0.313 e. The molecule has 0 atom stereocenters. The van der Waals surface area contributed by atoms with E-state index in [9.17, 15) is 0 Å². The lowest BCUT2D eigenvalue weighted by molar-refractivity contribution is 0.101. The standard InChI is InChI=1S/C15H30N2/c1-5-15(6-2)8-10-17(11-9-15)13-14(4)12-16-7-3/h16H,4-13H2,1-3H3. The molecule has 0 aliphatic carbocycles. The van der Waals surface area contributed by atoms with E-state index in [1.165, 1.54) is 44.3 Å². The molecule has 0 aromatic carbocycles. The van der Waals surface area contributed by atoms with Gasteiger partial charge in [0.25, 0.3) is 0 Å². The minimum absolute atomic E-state index is 0.638. The molecule has 17 heavy (non-hydrogen) atoms.